The summed E-state index contributed by atoms with van der Waals surface area (Å²) in [5.74, 6) is -0.228. The van der Waals surface area contributed by atoms with Crippen molar-refractivity contribution >= 4 is 36.5 Å². The van der Waals surface area contributed by atoms with Gasteiger partial charge in [-0.25, -0.2) is 5.06 Å². The van der Waals surface area contributed by atoms with Crippen molar-refractivity contribution in [3.8, 4) is 0 Å². The lowest BCUT2D eigenvalue weighted by atomic mass is 10.1. The second-order valence-corrected chi connectivity index (χ2v) is 11.1. The number of hydroxylamine groups is 2. The average molecular weight is 486 g/mol. The van der Waals surface area contributed by atoms with E-state index in [4.69, 9.17) is 32.6 Å². The maximum absolute atomic E-state index is 13.3. The van der Waals surface area contributed by atoms with Crippen LogP contribution in [0.15, 0.2) is 42.5 Å². The second-order valence-electron chi connectivity index (χ2n) is 7.58. The zero-order chi connectivity index (χ0) is 23.2. The Hall–Kier alpha value is -1.36. The smallest absolute Gasteiger partial charge is 0.243 e. The summed E-state index contributed by atoms with van der Waals surface area (Å²) < 4.78 is 18.9. The van der Waals surface area contributed by atoms with Gasteiger partial charge in [-0.1, -0.05) is 59.1 Å². The SMILES string of the molecule is CCOP(C)(=O)C(CCN(OC(C)c1ccc(C)cc1)C(C)=O)c1ccc(Cl)c(Cl)c1. The molecule has 170 valence electrons. The maximum Gasteiger partial charge on any atom is 0.243 e. The van der Waals surface area contributed by atoms with Crippen LogP contribution in [0.2, 0.25) is 10.0 Å². The lowest BCUT2D eigenvalue weighted by Gasteiger charge is -2.29. The van der Waals surface area contributed by atoms with E-state index in [9.17, 15) is 9.36 Å². The van der Waals surface area contributed by atoms with E-state index in [2.05, 4.69) is 0 Å². The van der Waals surface area contributed by atoms with Gasteiger partial charge < -0.3 is 4.52 Å². The molecule has 0 radical (unpaired) electrons. The second kappa shape index (κ2) is 11.5. The summed E-state index contributed by atoms with van der Waals surface area (Å²) in [7, 11) is -3.04. The predicted molar refractivity (Wildman–Crippen MR) is 127 cm³/mol. The van der Waals surface area contributed by atoms with E-state index in [1.807, 2.05) is 38.1 Å². The standard InChI is InChI=1S/C23H30Cl2NO4P/c1-6-29-31(5,28)23(20-11-12-21(24)22(25)15-20)13-14-26(18(4)27)30-17(3)19-9-7-16(2)8-10-19/h7-12,15,17,23H,6,13-14H2,1-5H3. The first-order valence-corrected chi connectivity index (χ1v) is 13.1. The van der Waals surface area contributed by atoms with Gasteiger partial charge in [0.2, 0.25) is 13.3 Å². The third-order valence-electron chi connectivity index (χ3n) is 5.07. The normalized spacial score (nSPS) is 15.2. The molecule has 0 aliphatic rings. The van der Waals surface area contributed by atoms with Gasteiger partial charge in [0, 0.05) is 20.1 Å². The quantitative estimate of drug-likeness (QED) is 0.263. The highest BCUT2D eigenvalue weighted by Gasteiger charge is 2.32. The van der Waals surface area contributed by atoms with Gasteiger partial charge in [0.15, 0.2) is 0 Å². The number of carbonyl (C=O) groups excluding carboxylic acids is 1. The highest BCUT2D eigenvalue weighted by Crippen LogP contribution is 2.59. The van der Waals surface area contributed by atoms with E-state index in [-0.39, 0.29) is 18.6 Å². The molecule has 0 saturated carbocycles. The van der Waals surface area contributed by atoms with E-state index >= 15 is 0 Å². The molecule has 0 bridgehead atoms. The van der Waals surface area contributed by atoms with Gasteiger partial charge in [-0.3, -0.25) is 14.2 Å². The molecule has 0 aromatic heterocycles. The van der Waals surface area contributed by atoms with Crippen molar-refractivity contribution < 1.29 is 18.7 Å². The molecular weight excluding hydrogens is 456 g/mol. The van der Waals surface area contributed by atoms with Crippen molar-refractivity contribution in [3.05, 3.63) is 69.2 Å². The Kier molecular flexibility index (Phi) is 9.60. The lowest BCUT2D eigenvalue weighted by molar-refractivity contribution is -0.203. The number of amides is 1. The molecule has 0 spiro atoms. The summed E-state index contributed by atoms with van der Waals surface area (Å²) in [4.78, 5) is 18.2. The molecular formula is C23H30Cl2NO4P. The van der Waals surface area contributed by atoms with Gasteiger partial charge in [0.05, 0.1) is 22.3 Å². The molecule has 2 rings (SSSR count). The summed E-state index contributed by atoms with van der Waals surface area (Å²) >= 11 is 12.2. The molecule has 3 atom stereocenters. The number of rotatable bonds is 10. The minimum absolute atomic E-state index is 0.228. The molecule has 0 heterocycles. The van der Waals surface area contributed by atoms with Crippen LogP contribution in [0, 0.1) is 6.92 Å². The third-order valence-corrected chi connectivity index (χ3v) is 8.27. The summed E-state index contributed by atoms with van der Waals surface area (Å²) in [5.41, 5.74) is 2.41. The Balaban J connectivity index is 2.21. The molecule has 0 aliphatic heterocycles. The largest absolute Gasteiger partial charge is 0.329 e. The highest BCUT2D eigenvalue weighted by molar-refractivity contribution is 7.58. The fourth-order valence-corrected chi connectivity index (χ4v) is 5.64. The summed E-state index contributed by atoms with van der Waals surface area (Å²) in [6.45, 7) is 9.34. The van der Waals surface area contributed by atoms with E-state index in [1.165, 1.54) is 12.0 Å². The fourth-order valence-electron chi connectivity index (χ4n) is 3.35. The Bertz CT molecular complexity index is 936. The van der Waals surface area contributed by atoms with Crippen molar-refractivity contribution in [2.45, 2.75) is 45.9 Å². The van der Waals surface area contributed by atoms with Crippen molar-refractivity contribution in [2.75, 3.05) is 19.8 Å². The number of hydrogen-bond acceptors (Lipinski definition) is 4. The molecule has 8 heteroatoms. The van der Waals surface area contributed by atoms with Crippen LogP contribution in [0.4, 0.5) is 0 Å². The number of hydrogen-bond donors (Lipinski definition) is 0. The number of benzene rings is 2. The van der Waals surface area contributed by atoms with Crippen LogP contribution in [0.5, 0.6) is 0 Å². The van der Waals surface area contributed by atoms with Crippen LogP contribution in [-0.2, 0) is 18.7 Å². The minimum atomic E-state index is -3.04. The Morgan fingerprint density at radius 3 is 2.26 bits per heavy atom. The van der Waals surface area contributed by atoms with Gasteiger partial charge >= 0.3 is 0 Å². The van der Waals surface area contributed by atoms with Crippen molar-refractivity contribution in [2.24, 2.45) is 0 Å². The molecule has 2 aromatic carbocycles. The van der Waals surface area contributed by atoms with Gasteiger partial charge in [0.25, 0.3) is 0 Å². The highest BCUT2D eigenvalue weighted by atomic mass is 35.5. The minimum Gasteiger partial charge on any atom is -0.329 e. The molecule has 1 amide bonds. The van der Waals surface area contributed by atoms with Gasteiger partial charge in [-0.05, 0) is 50.5 Å². The first-order valence-electron chi connectivity index (χ1n) is 10.2. The number of nitrogens with zero attached hydrogens (tertiary/aromatic N) is 1. The van der Waals surface area contributed by atoms with E-state index in [1.54, 1.807) is 31.8 Å². The Labute approximate surface area is 195 Å². The van der Waals surface area contributed by atoms with Crippen molar-refractivity contribution in [1.29, 1.82) is 0 Å². The Morgan fingerprint density at radius 2 is 1.71 bits per heavy atom. The van der Waals surface area contributed by atoms with Crippen LogP contribution in [0.25, 0.3) is 0 Å². The monoisotopic (exact) mass is 485 g/mol. The molecule has 0 N–H and O–H groups in total. The predicted octanol–water partition coefficient (Wildman–Crippen LogP) is 7.22. The maximum atomic E-state index is 13.3. The molecule has 0 aliphatic carbocycles. The first-order chi connectivity index (χ1) is 14.5. The zero-order valence-electron chi connectivity index (χ0n) is 18.6. The summed E-state index contributed by atoms with van der Waals surface area (Å²) in [5, 5.41) is 2.13. The number of carbonyl (C=O) groups is 1. The van der Waals surface area contributed by atoms with Gasteiger partial charge in [0.1, 0.15) is 6.10 Å². The first kappa shape index (κ1) is 25.9. The van der Waals surface area contributed by atoms with Crippen LogP contribution >= 0.6 is 30.6 Å². The summed E-state index contributed by atoms with van der Waals surface area (Å²) in [6.07, 6.45) is 0.0691. The molecule has 31 heavy (non-hydrogen) atoms. The average Bonchev–Trinajstić information content (AvgIpc) is 2.69. The molecule has 3 unspecified atom stereocenters. The topological polar surface area (TPSA) is 55.8 Å². The molecule has 0 saturated heterocycles. The van der Waals surface area contributed by atoms with Crippen LogP contribution in [0.3, 0.4) is 0 Å². The molecule has 0 fully saturated rings. The van der Waals surface area contributed by atoms with Gasteiger partial charge in [-0.2, -0.15) is 0 Å². The zero-order valence-corrected chi connectivity index (χ0v) is 21.0. The van der Waals surface area contributed by atoms with Crippen LogP contribution in [-0.4, -0.2) is 30.8 Å². The Morgan fingerprint density at radius 1 is 1.10 bits per heavy atom. The lowest BCUT2D eigenvalue weighted by Crippen LogP contribution is -2.32. The van der Waals surface area contributed by atoms with Crippen LogP contribution < -0.4 is 0 Å². The van der Waals surface area contributed by atoms with Crippen molar-refractivity contribution in [3.63, 3.8) is 0 Å². The fraction of sp³-hybridized carbons (Fsp3) is 0.435. The van der Waals surface area contributed by atoms with Gasteiger partial charge in [-0.15, -0.1) is 0 Å². The third kappa shape index (κ3) is 7.34. The van der Waals surface area contributed by atoms with E-state index in [0.29, 0.717) is 23.1 Å². The number of aryl methyl sites for hydroxylation is 1. The van der Waals surface area contributed by atoms with Crippen LogP contribution in [0.1, 0.15) is 55.6 Å². The van der Waals surface area contributed by atoms with Crippen molar-refractivity contribution in [1.82, 2.24) is 5.06 Å². The molecule has 5 nitrogen and oxygen atoms in total. The summed E-state index contributed by atoms with van der Waals surface area (Å²) in [6, 6.07) is 13.1. The molecule has 2 aromatic rings. The van der Waals surface area contributed by atoms with E-state index < -0.39 is 13.0 Å². The number of halogens is 2. The van der Waals surface area contributed by atoms with E-state index in [0.717, 1.165) is 16.7 Å².